The summed E-state index contributed by atoms with van der Waals surface area (Å²) in [5.41, 5.74) is 3.26. The van der Waals surface area contributed by atoms with Gasteiger partial charge in [-0.2, -0.15) is 0 Å². The molecular formula is C26H18N2O5. The molecule has 1 aliphatic carbocycles. The third-order valence-corrected chi connectivity index (χ3v) is 6.63. The van der Waals surface area contributed by atoms with Gasteiger partial charge in [0, 0.05) is 41.6 Å². The van der Waals surface area contributed by atoms with Gasteiger partial charge in [0.1, 0.15) is 11.9 Å². The van der Waals surface area contributed by atoms with Gasteiger partial charge in [0.25, 0.3) is 11.6 Å². The first-order chi connectivity index (χ1) is 16.0. The molecule has 0 saturated carbocycles. The van der Waals surface area contributed by atoms with E-state index in [9.17, 15) is 19.7 Å². The topological polar surface area (TPSA) is 91.4 Å². The average molecular weight is 438 g/mol. The van der Waals surface area contributed by atoms with Crippen LogP contribution in [0.25, 0.3) is 10.9 Å². The normalized spacial score (nSPS) is 18.7. The van der Waals surface area contributed by atoms with E-state index >= 15 is 0 Å². The Kier molecular flexibility index (Phi) is 4.20. The van der Waals surface area contributed by atoms with E-state index < -0.39 is 10.8 Å². The lowest BCUT2D eigenvalue weighted by molar-refractivity contribution is -0.384. The Morgan fingerprint density at radius 2 is 1.76 bits per heavy atom. The molecule has 0 amide bonds. The fourth-order valence-corrected chi connectivity index (χ4v) is 5.10. The van der Waals surface area contributed by atoms with Crippen LogP contribution < -0.4 is 4.74 Å². The van der Waals surface area contributed by atoms with E-state index in [1.165, 1.54) is 18.2 Å². The van der Waals surface area contributed by atoms with Crippen LogP contribution >= 0.6 is 0 Å². The Morgan fingerprint density at radius 3 is 2.55 bits per heavy atom. The van der Waals surface area contributed by atoms with Crippen molar-refractivity contribution in [3.05, 3.63) is 105 Å². The van der Waals surface area contributed by atoms with Gasteiger partial charge in [-0.3, -0.25) is 24.3 Å². The van der Waals surface area contributed by atoms with Gasteiger partial charge in [-0.1, -0.05) is 36.4 Å². The van der Waals surface area contributed by atoms with Crippen molar-refractivity contribution in [2.45, 2.75) is 18.9 Å². The molecule has 0 unspecified atom stereocenters. The number of non-ortho nitro benzene ring substituents is 1. The van der Waals surface area contributed by atoms with Crippen molar-refractivity contribution in [3.8, 4) is 5.75 Å². The molecule has 0 N–H and O–H groups in total. The van der Waals surface area contributed by atoms with Crippen LogP contribution in [0.5, 0.6) is 5.75 Å². The highest BCUT2D eigenvalue weighted by molar-refractivity contribution is 6.06. The van der Waals surface area contributed by atoms with Crippen molar-refractivity contribution in [3.63, 3.8) is 0 Å². The Balaban J connectivity index is 1.48. The first-order valence-corrected chi connectivity index (χ1v) is 10.7. The van der Waals surface area contributed by atoms with Gasteiger partial charge in [-0.25, -0.2) is 0 Å². The second-order valence-electron chi connectivity index (χ2n) is 8.42. The van der Waals surface area contributed by atoms with Crippen LogP contribution in [-0.2, 0) is 12.8 Å². The summed E-state index contributed by atoms with van der Waals surface area (Å²) in [4.78, 5) is 37.6. The molecule has 2 atom stereocenters. The molecule has 6 rings (SSSR count). The molecule has 0 saturated heterocycles. The van der Waals surface area contributed by atoms with Crippen molar-refractivity contribution < 1.29 is 19.2 Å². The Morgan fingerprint density at radius 1 is 1.00 bits per heavy atom. The summed E-state index contributed by atoms with van der Waals surface area (Å²) in [5, 5.41) is 12.2. The summed E-state index contributed by atoms with van der Waals surface area (Å²) in [6.45, 7) is 0. The first kappa shape index (κ1) is 19.4. The van der Waals surface area contributed by atoms with Crippen molar-refractivity contribution in [1.29, 1.82) is 0 Å². The number of para-hydroxylation sites is 1. The number of Topliss-reactive ketones (excluding diaryl/α,β-unsaturated/α-hetero) is 1. The van der Waals surface area contributed by atoms with E-state index in [-0.39, 0.29) is 29.0 Å². The van der Waals surface area contributed by atoms with Gasteiger partial charge < -0.3 is 4.74 Å². The van der Waals surface area contributed by atoms with Crippen LogP contribution in [0.15, 0.2) is 72.8 Å². The number of hydrogen-bond donors (Lipinski definition) is 0. The number of fused-ring (bicyclic) bond motifs is 5. The second-order valence-corrected chi connectivity index (χ2v) is 8.42. The molecule has 2 heterocycles. The quantitative estimate of drug-likeness (QED) is 0.337. The largest absolute Gasteiger partial charge is 0.489 e. The highest BCUT2D eigenvalue weighted by atomic mass is 16.6. The Hall–Kier alpha value is -4.26. The van der Waals surface area contributed by atoms with Gasteiger partial charge in [-0.15, -0.1) is 0 Å². The molecule has 1 aromatic heterocycles. The number of carbonyl (C=O) groups excluding carboxylic acids is 2. The van der Waals surface area contributed by atoms with Crippen LogP contribution in [0.4, 0.5) is 5.69 Å². The highest BCUT2D eigenvalue weighted by Gasteiger charge is 2.43. The summed E-state index contributed by atoms with van der Waals surface area (Å²) in [5.74, 6) is -0.468. The second kappa shape index (κ2) is 7.13. The fourth-order valence-electron chi connectivity index (χ4n) is 5.10. The number of nitro groups is 1. The average Bonchev–Trinajstić information content (AvgIpc) is 3.16. The monoisotopic (exact) mass is 438 g/mol. The minimum atomic E-state index is -0.519. The number of ether oxygens (including phenoxy) is 1. The highest BCUT2D eigenvalue weighted by Crippen LogP contribution is 2.42. The first-order valence-electron chi connectivity index (χ1n) is 10.7. The molecular weight excluding hydrogens is 420 g/mol. The molecule has 162 valence electrons. The summed E-state index contributed by atoms with van der Waals surface area (Å²) in [6, 6.07) is 20.9. The van der Waals surface area contributed by atoms with E-state index in [1.54, 1.807) is 16.7 Å². The van der Waals surface area contributed by atoms with Crippen LogP contribution in [0.3, 0.4) is 0 Å². The van der Waals surface area contributed by atoms with Gasteiger partial charge in [0.05, 0.1) is 21.9 Å². The predicted octanol–water partition coefficient (Wildman–Crippen LogP) is 4.60. The lowest BCUT2D eigenvalue weighted by Gasteiger charge is -2.36. The van der Waals surface area contributed by atoms with Crippen molar-refractivity contribution in [1.82, 2.24) is 4.57 Å². The molecule has 0 bridgehead atoms. The summed E-state index contributed by atoms with van der Waals surface area (Å²) >= 11 is 0. The van der Waals surface area contributed by atoms with Gasteiger partial charge >= 0.3 is 0 Å². The zero-order valence-corrected chi connectivity index (χ0v) is 17.4. The van der Waals surface area contributed by atoms with E-state index in [2.05, 4.69) is 0 Å². The molecule has 0 radical (unpaired) electrons. The molecule has 1 aliphatic heterocycles. The number of rotatable bonds is 2. The van der Waals surface area contributed by atoms with Crippen molar-refractivity contribution >= 4 is 28.3 Å². The van der Waals surface area contributed by atoms with Crippen molar-refractivity contribution in [2.24, 2.45) is 5.92 Å². The number of ketones is 1. The lowest BCUT2D eigenvalue weighted by atomic mass is 9.78. The van der Waals surface area contributed by atoms with E-state index in [0.29, 0.717) is 24.2 Å². The number of hydrogen-bond acceptors (Lipinski definition) is 5. The number of aromatic nitrogens is 1. The number of carbonyl (C=O) groups is 2. The SMILES string of the molecule is O=C1c2cc([N+](=O)[O-])ccc2O[C@@H]2Cc3c(n(C(=O)c4ccccc4)c4ccccc34)C[C@@H]12. The maximum absolute atomic E-state index is 13.5. The maximum Gasteiger partial charge on any atom is 0.270 e. The van der Waals surface area contributed by atoms with E-state index in [0.717, 1.165) is 22.2 Å². The molecule has 0 spiro atoms. The summed E-state index contributed by atoms with van der Waals surface area (Å²) in [6.07, 6.45) is 0.427. The van der Waals surface area contributed by atoms with Crippen LogP contribution in [-0.4, -0.2) is 27.3 Å². The summed E-state index contributed by atoms with van der Waals surface area (Å²) < 4.78 is 7.88. The zero-order valence-electron chi connectivity index (χ0n) is 17.4. The fraction of sp³-hybridized carbons (Fsp3) is 0.154. The smallest absolute Gasteiger partial charge is 0.270 e. The van der Waals surface area contributed by atoms with Crippen LogP contribution in [0, 0.1) is 16.0 Å². The zero-order chi connectivity index (χ0) is 22.7. The van der Waals surface area contributed by atoms with Gasteiger partial charge in [0.2, 0.25) is 0 Å². The molecule has 0 fully saturated rings. The third-order valence-electron chi connectivity index (χ3n) is 6.63. The van der Waals surface area contributed by atoms with Gasteiger partial charge in [-0.05, 0) is 29.8 Å². The minimum Gasteiger partial charge on any atom is -0.489 e. The maximum atomic E-state index is 13.5. The Labute approximate surface area is 188 Å². The standard InChI is InChI=1S/C26H18N2O5/c29-25-19-12-16(28(31)32)10-11-23(19)33-24-14-18-17-8-4-5-9-21(17)27(22(18)13-20(24)25)26(30)15-6-2-1-3-7-15/h1-12,20,24H,13-14H2/t20-,24-/m1/s1. The molecule has 4 aromatic rings. The van der Waals surface area contributed by atoms with Crippen LogP contribution in [0.2, 0.25) is 0 Å². The predicted molar refractivity (Wildman–Crippen MR) is 121 cm³/mol. The number of nitrogens with zero attached hydrogens (tertiary/aromatic N) is 2. The van der Waals surface area contributed by atoms with E-state index in [1.807, 2.05) is 42.5 Å². The molecule has 7 nitrogen and oxygen atoms in total. The van der Waals surface area contributed by atoms with Gasteiger partial charge in [0.15, 0.2) is 5.78 Å². The number of benzene rings is 3. The molecule has 3 aromatic carbocycles. The Bertz CT molecular complexity index is 1470. The third kappa shape index (κ3) is 2.89. The lowest BCUT2D eigenvalue weighted by Crippen LogP contribution is -2.43. The van der Waals surface area contributed by atoms with E-state index in [4.69, 9.17) is 4.74 Å². The minimum absolute atomic E-state index is 0.144. The summed E-state index contributed by atoms with van der Waals surface area (Å²) in [7, 11) is 0. The molecule has 33 heavy (non-hydrogen) atoms. The number of nitro benzene ring substituents is 1. The molecule has 7 heteroatoms. The van der Waals surface area contributed by atoms with Crippen LogP contribution in [0.1, 0.15) is 32.0 Å². The van der Waals surface area contributed by atoms with Crippen molar-refractivity contribution in [2.75, 3.05) is 0 Å². The molecule has 2 aliphatic rings.